The summed E-state index contributed by atoms with van der Waals surface area (Å²) in [6.07, 6.45) is 0. The van der Waals surface area contributed by atoms with Crippen LogP contribution >= 0.6 is 0 Å². The fourth-order valence-electron chi connectivity index (χ4n) is 0.789. The van der Waals surface area contributed by atoms with E-state index in [1.54, 1.807) is 13.8 Å². The average molecular weight is 178 g/mol. The van der Waals surface area contributed by atoms with Crippen molar-refractivity contribution in [3.63, 3.8) is 0 Å². The van der Waals surface area contributed by atoms with Crippen molar-refractivity contribution in [2.45, 2.75) is 39.9 Å². The lowest BCUT2D eigenvalue weighted by Crippen LogP contribution is -2.32. The molecule has 0 aromatic carbocycles. The van der Waals surface area contributed by atoms with E-state index in [0.29, 0.717) is 0 Å². The van der Waals surface area contributed by atoms with Gasteiger partial charge < -0.3 is 0 Å². The zero-order valence-corrected chi connectivity index (χ0v) is 8.83. The van der Waals surface area contributed by atoms with E-state index in [4.69, 9.17) is 0 Å². The summed E-state index contributed by atoms with van der Waals surface area (Å²) in [4.78, 5) is 0. The normalized spacial score (nSPS) is 16.5. The van der Waals surface area contributed by atoms with E-state index >= 15 is 0 Å². The lowest BCUT2D eigenvalue weighted by molar-refractivity contribution is 0.392. The van der Waals surface area contributed by atoms with Gasteiger partial charge in [0.15, 0.2) is 9.84 Å². The van der Waals surface area contributed by atoms with E-state index in [2.05, 4.69) is 0 Å². The highest BCUT2D eigenvalue weighted by molar-refractivity contribution is 7.92. The van der Waals surface area contributed by atoms with Crippen LogP contribution in [0.5, 0.6) is 0 Å². The maximum atomic E-state index is 11.3. The Balaban J connectivity index is 4.64. The Morgan fingerprint density at radius 1 is 1.27 bits per heavy atom. The molecular formula is C8H18O2S. The number of rotatable bonds is 2. The SMILES string of the molecule is CCS(=O)(=O)C(C)C(C)(C)C. The second-order valence-electron chi connectivity index (χ2n) is 3.96. The molecule has 0 rings (SSSR count). The van der Waals surface area contributed by atoms with Crippen molar-refractivity contribution in [1.82, 2.24) is 0 Å². The van der Waals surface area contributed by atoms with Gasteiger partial charge in [0.1, 0.15) is 0 Å². The Labute approximate surface area is 69.9 Å². The number of hydrogen-bond acceptors (Lipinski definition) is 2. The minimum atomic E-state index is -2.86. The molecule has 11 heavy (non-hydrogen) atoms. The van der Waals surface area contributed by atoms with Gasteiger partial charge in [0.2, 0.25) is 0 Å². The van der Waals surface area contributed by atoms with Crippen LogP contribution in [-0.2, 0) is 9.84 Å². The van der Waals surface area contributed by atoms with Crippen LogP contribution in [0.4, 0.5) is 0 Å². The van der Waals surface area contributed by atoms with Crippen molar-refractivity contribution in [3.8, 4) is 0 Å². The van der Waals surface area contributed by atoms with Gasteiger partial charge >= 0.3 is 0 Å². The average Bonchev–Trinajstić information content (AvgIpc) is 1.84. The van der Waals surface area contributed by atoms with Gasteiger partial charge in [-0.2, -0.15) is 0 Å². The van der Waals surface area contributed by atoms with Gasteiger partial charge in [-0.3, -0.25) is 0 Å². The molecule has 0 aliphatic heterocycles. The molecule has 0 spiro atoms. The highest BCUT2D eigenvalue weighted by Crippen LogP contribution is 2.25. The minimum Gasteiger partial charge on any atom is -0.229 e. The van der Waals surface area contributed by atoms with Crippen molar-refractivity contribution in [3.05, 3.63) is 0 Å². The van der Waals surface area contributed by atoms with Crippen LogP contribution < -0.4 is 0 Å². The summed E-state index contributed by atoms with van der Waals surface area (Å²) in [5.74, 6) is 0.242. The molecule has 0 radical (unpaired) electrons. The first-order valence-corrected chi connectivity index (χ1v) is 5.65. The van der Waals surface area contributed by atoms with E-state index in [0.717, 1.165) is 0 Å². The van der Waals surface area contributed by atoms with Crippen molar-refractivity contribution in [2.24, 2.45) is 5.41 Å². The van der Waals surface area contributed by atoms with Crippen LogP contribution in [0.2, 0.25) is 0 Å². The number of hydrogen-bond donors (Lipinski definition) is 0. The predicted octanol–water partition coefficient (Wildman–Crippen LogP) is 1.86. The van der Waals surface area contributed by atoms with Crippen molar-refractivity contribution < 1.29 is 8.42 Å². The smallest absolute Gasteiger partial charge is 0.153 e. The third-order valence-corrected chi connectivity index (χ3v) is 4.75. The molecule has 0 aromatic rings. The van der Waals surface area contributed by atoms with Gasteiger partial charge in [-0.05, 0) is 12.3 Å². The van der Waals surface area contributed by atoms with Gasteiger partial charge in [-0.15, -0.1) is 0 Å². The van der Waals surface area contributed by atoms with Crippen LogP contribution in [0.1, 0.15) is 34.6 Å². The Kier molecular flexibility index (Phi) is 3.12. The first-order valence-electron chi connectivity index (χ1n) is 3.93. The molecule has 3 heteroatoms. The molecule has 0 aliphatic rings. The van der Waals surface area contributed by atoms with Gasteiger partial charge in [0.05, 0.1) is 5.25 Å². The van der Waals surface area contributed by atoms with Crippen LogP contribution in [0.3, 0.4) is 0 Å². The standard InChI is InChI=1S/C8H18O2S/c1-6-11(9,10)7(2)8(3,4)5/h7H,6H2,1-5H3. The first kappa shape index (κ1) is 11.0. The largest absolute Gasteiger partial charge is 0.229 e. The topological polar surface area (TPSA) is 34.1 Å². The monoisotopic (exact) mass is 178 g/mol. The van der Waals surface area contributed by atoms with Gasteiger partial charge in [-0.1, -0.05) is 27.7 Å². The summed E-state index contributed by atoms with van der Waals surface area (Å²) in [5.41, 5.74) is -0.144. The van der Waals surface area contributed by atoms with Gasteiger partial charge in [-0.25, -0.2) is 8.42 Å². The number of sulfone groups is 1. The second-order valence-corrected chi connectivity index (χ2v) is 6.57. The van der Waals surface area contributed by atoms with E-state index in [1.807, 2.05) is 20.8 Å². The third kappa shape index (κ3) is 2.81. The predicted molar refractivity (Wildman–Crippen MR) is 48.4 cm³/mol. The zero-order valence-electron chi connectivity index (χ0n) is 8.01. The van der Waals surface area contributed by atoms with Gasteiger partial charge in [0.25, 0.3) is 0 Å². The summed E-state index contributed by atoms with van der Waals surface area (Å²) < 4.78 is 22.7. The Morgan fingerprint density at radius 2 is 1.64 bits per heavy atom. The van der Waals surface area contributed by atoms with E-state index in [1.165, 1.54) is 0 Å². The van der Waals surface area contributed by atoms with Crippen LogP contribution in [0.15, 0.2) is 0 Å². The summed E-state index contributed by atoms with van der Waals surface area (Å²) in [5, 5.41) is -0.250. The Bertz CT molecular complexity index is 209. The molecule has 0 N–H and O–H groups in total. The summed E-state index contributed by atoms with van der Waals surface area (Å²) >= 11 is 0. The molecule has 2 nitrogen and oxygen atoms in total. The van der Waals surface area contributed by atoms with E-state index < -0.39 is 9.84 Å². The summed E-state index contributed by atoms with van der Waals surface area (Å²) in [6.45, 7) is 9.32. The summed E-state index contributed by atoms with van der Waals surface area (Å²) in [6, 6.07) is 0. The van der Waals surface area contributed by atoms with Gasteiger partial charge in [0, 0.05) is 5.75 Å². The van der Waals surface area contributed by atoms with Crippen molar-refractivity contribution in [1.29, 1.82) is 0 Å². The highest BCUT2D eigenvalue weighted by Gasteiger charge is 2.30. The second kappa shape index (κ2) is 3.13. The lowest BCUT2D eigenvalue weighted by atomic mass is 9.93. The Morgan fingerprint density at radius 3 is 1.73 bits per heavy atom. The molecule has 1 unspecified atom stereocenters. The minimum absolute atomic E-state index is 0.144. The molecule has 1 atom stereocenters. The fraction of sp³-hybridized carbons (Fsp3) is 1.00. The molecule has 0 fully saturated rings. The van der Waals surface area contributed by atoms with Crippen molar-refractivity contribution >= 4 is 9.84 Å². The quantitative estimate of drug-likeness (QED) is 0.646. The maximum Gasteiger partial charge on any atom is 0.153 e. The van der Waals surface area contributed by atoms with Crippen LogP contribution in [0, 0.1) is 5.41 Å². The molecule has 68 valence electrons. The first-order chi connectivity index (χ1) is 4.72. The molecule has 0 amide bonds. The molecular weight excluding hydrogens is 160 g/mol. The molecule has 0 saturated heterocycles. The molecule has 0 aliphatic carbocycles. The van der Waals surface area contributed by atoms with Crippen LogP contribution in [-0.4, -0.2) is 19.4 Å². The zero-order chi connectivity index (χ0) is 9.28. The molecule has 0 heterocycles. The van der Waals surface area contributed by atoms with Crippen LogP contribution in [0.25, 0.3) is 0 Å². The van der Waals surface area contributed by atoms with E-state index in [9.17, 15) is 8.42 Å². The van der Waals surface area contributed by atoms with Crippen molar-refractivity contribution in [2.75, 3.05) is 5.75 Å². The fourth-order valence-corrected chi connectivity index (χ4v) is 2.37. The highest BCUT2D eigenvalue weighted by atomic mass is 32.2. The lowest BCUT2D eigenvalue weighted by Gasteiger charge is -2.26. The Hall–Kier alpha value is -0.0500. The molecule has 0 saturated carbocycles. The third-order valence-electron chi connectivity index (χ3n) is 2.16. The summed E-state index contributed by atoms with van der Waals surface area (Å²) in [7, 11) is -2.86. The maximum absolute atomic E-state index is 11.3. The molecule has 0 bridgehead atoms. The van der Waals surface area contributed by atoms with E-state index in [-0.39, 0.29) is 16.4 Å². The molecule has 0 aromatic heterocycles.